The van der Waals surface area contributed by atoms with Crippen molar-refractivity contribution in [2.75, 3.05) is 11.9 Å². The van der Waals surface area contributed by atoms with Crippen molar-refractivity contribution in [2.24, 2.45) is 0 Å². The third-order valence-corrected chi connectivity index (χ3v) is 2.51. The highest BCUT2D eigenvalue weighted by molar-refractivity contribution is 9.10. The molecule has 1 aliphatic rings. The second kappa shape index (κ2) is 3.50. The molecule has 1 aromatic carbocycles. The lowest BCUT2D eigenvalue weighted by Gasteiger charge is -2.17. The molecule has 0 bridgehead atoms. The summed E-state index contributed by atoms with van der Waals surface area (Å²) >= 11 is 3.06. The second-order valence-electron chi connectivity index (χ2n) is 2.89. The Kier molecular flexibility index (Phi) is 2.31. The Labute approximate surface area is 92.5 Å². The Morgan fingerprint density at radius 2 is 2.27 bits per heavy atom. The van der Waals surface area contributed by atoms with Crippen LogP contribution < -0.4 is 10.1 Å². The molecule has 0 radical (unpaired) electrons. The lowest BCUT2D eigenvalue weighted by atomic mass is 10.2. The normalized spacial score (nSPS) is 13.8. The van der Waals surface area contributed by atoms with Crippen LogP contribution in [0.5, 0.6) is 5.75 Å². The zero-order valence-electron chi connectivity index (χ0n) is 7.32. The average molecular weight is 273 g/mol. The fourth-order valence-corrected chi connectivity index (χ4v) is 1.70. The van der Waals surface area contributed by atoms with E-state index in [1.54, 1.807) is 0 Å². The highest BCUT2D eigenvalue weighted by Gasteiger charge is 2.22. The van der Waals surface area contributed by atoms with Gasteiger partial charge < -0.3 is 10.1 Å². The van der Waals surface area contributed by atoms with Gasteiger partial charge in [-0.1, -0.05) is 0 Å². The fourth-order valence-electron chi connectivity index (χ4n) is 1.23. The van der Waals surface area contributed by atoms with Gasteiger partial charge >= 0.3 is 0 Å². The molecule has 15 heavy (non-hydrogen) atoms. The molecule has 0 unspecified atom stereocenters. The van der Waals surface area contributed by atoms with Crippen LogP contribution in [-0.2, 0) is 4.79 Å². The Bertz CT molecular complexity index is 460. The number of nitrogens with zero attached hydrogens (tertiary/aromatic N) is 1. The summed E-state index contributed by atoms with van der Waals surface area (Å²) in [6, 6.07) is 2.73. The number of nitro benzene ring substituents is 1. The van der Waals surface area contributed by atoms with Crippen molar-refractivity contribution >= 4 is 33.2 Å². The second-order valence-corrected chi connectivity index (χ2v) is 3.75. The van der Waals surface area contributed by atoms with Gasteiger partial charge in [-0.2, -0.15) is 0 Å². The van der Waals surface area contributed by atoms with Gasteiger partial charge in [0.25, 0.3) is 11.6 Å². The molecule has 0 aromatic heterocycles. The van der Waals surface area contributed by atoms with Crippen LogP contribution in [0.1, 0.15) is 0 Å². The van der Waals surface area contributed by atoms with E-state index < -0.39 is 4.92 Å². The van der Waals surface area contributed by atoms with Crippen LogP contribution in [0.3, 0.4) is 0 Å². The molecule has 0 saturated heterocycles. The van der Waals surface area contributed by atoms with E-state index in [1.165, 1.54) is 12.1 Å². The predicted octanol–water partition coefficient (Wildman–Crippen LogP) is 1.69. The van der Waals surface area contributed by atoms with Gasteiger partial charge in [-0.25, -0.2) is 0 Å². The van der Waals surface area contributed by atoms with E-state index in [1.807, 2.05) is 0 Å². The molecule has 1 N–H and O–H groups in total. The first-order valence-electron chi connectivity index (χ1n) is 3.98. The number of benzene rings is 1. The zero-order valence-corrected chi connectivity index (χ0v) is 8.91. The highest BCUT2D eigenvalue weighted by atomic mass is 79.9. The van der Waals surface area contributed by atoms with Crippen LogP contribution in [0.4, 0.5) is 11.4 Å². The number of ether oxygens (including phenoxy) is 1. The minimum Gasteiger partial charge on any atom is -0.482 e. The molecule has 78 valence electrons. The monoisotopic (exact) mass is 272 g/mol. The summed E-state index contributed by atoms with van der Waals surface area (Å²) in [6.07, 6.45) is 0. The number of hydrogen-bond acceptors (Lipinski definition) is 4. The van der Waals surface area contributed by atoms with Gasteiger partial charge in [-0.05, 0) is 15.9 Å². The maximum absolute atomic E-state index is 11.0. The van der Waals surface area contributed by atoms with E-state index in [-0.39, 0.29) is 18.2 Å². The third kappa shape index (κ3) is 1.78. The van der Waals surface area contributed by atoms with Crippen molar-refractivity contribution in [3.63, 3.8) is 0 Å². The number of fused-ring (bicyclic) bond motifs is 1. The maximum atomic E-state index is 11.0. The Balaban J connectivity index is 2.51. The number of hydrogen-bond donors (Lipinski definition) is 1. The van der Waals surface area contributed by atoms with E-state index in [9.17, 15) is 14.9 Å². The highest BCUT2D eigenvalue weighted by Crippen LogP contribution is 2.37. The number of anilines is 1. The first-order chi connectivity index (χ1) is 7.08. The van der Waals surface area contributed by atoms with Crippen LogP contribution in [0.25, 0.3) is 0 Å². The van der Waals surface area contributed by atoms with Crippen LogP contribution in [0.15, 0.2) is 16.6 Å². The van der Waals surface area contributed by atoms with Gasteiger partial charge in [0.15, 0.2) is 6.61 Å². The summed E-state index contributed by atoms with van der Waals surface area (Å²) in [4.78, 5) is 21.0. The first-order valence-corrected chi connectivity index (χ1v) is 4.78. The third-order valence-electron chi connectivity index (χ3n) is 1.88. The molecule has 1 aromatic rings. The van der Waals surface area contributed by atoms with E-state index in [4.69, 9.17) is 4.74 Å². The van der Waals surface area contributed by atoms with Crippen molar-refractivity contribution in [1.29, 1.82) is 0 Å². The number of amides is 1. The molecule has 0 spiro atoms. The summed E-state index contributed by atoms with van der Waals surface area (Å²) in [5.41, 5.74) is 0.209. The van der Waals surface area contributed by atoms with Gasteiger partial charge in [0, 0.05) is 12.1 Å². The average Bonchev–Trinajstić information content (AvgIpc) is 2.17. The predicted molar refractivity (Wildman–Crippen MR) is 54.9 cm³/mol. The van der Waals surface area contributed by atoms with Gasteiger partial charge in [-0.15, -0.1) is 0 Å². The topological polar surface area (TPSA) is 81.5 Å². The quantitative estimate of drug-likeness (QED) is 0.623. The fraction of sp³-hybridized carbons (Fsp3) is 0.125. The summed E-state index contributed by atoms with van der Waals surface area (Å²) in [5.74, 6) is 0.103. The van der Waals surface area contributed by atoms with Crippen LogP contribution in [-0.4, -0.2) is 17.4 Å². The van der Waals surface area contributed by atoms with Crippen LogP contribution in [0, 0.1) is 10.1 Å². The smallest absolute Gasteiger partial charge is 0.285 e. The van der Waals surface area contributed by atoms with E-state index >= 15 is 0 Å². The van der Waals surface area contributed by atoms with Gasteiger partial charge in [-0.3, -0.25) is 14.9 Å². The summed E-state index contributed by atoms with van der Waals surface area (Å²) in [7, 11) is 0. The van der Waals surface area contributed by atoms with Crippen LogP contribution in [0.2, 0.25) is 0 Å². The minimum atomic E-state index is -0.537. The van der Waals surface area contributed by atoms with Gasteiger partial charge in [0.1, 0.15) is 5.75 Å². The van der Waals surface area contributed by atoms with E-state index in [2.05, 4.69) is 21.2 Å². The number of rotatable bonds is 1. The largest absolute Gasteiger partial charge is 0.482 e. The molecule has 0 fully saturated rings. The van der Waals surface area contributed by atoms with Crippen molar-refractivity contribution < 1.29 is 14.5 Å². The van der Waals surface area contributed by atoms with Crippen LogP contribution >= 0.6 is 15.9 Å². The first kappa shape index (κ1) is 9.91. The number of carbonyl (C=O) groups excluding carboxylic acids is 1. The molecular weight excluding hydrogens is 268 g/mol. The van der Waals surface area contributed by atoms with E-state index in [0.717, 1.165) is 0 Å². The Morgan fingerprint density at radius 3 is 2.93 bits per heavy atom. The lowest BCUT2D eigenvalue weighted by Crippen LogP contribution is -2.25. The molecule has 0 aliphatic carbocycles. The number of nitro groups is 1. The standard InChI is InChI=1S/C8H5BrN2O4/c9-4-1-7-5(2-6(4)11(13)14)10-8(12)3-15-7/h1-2H,3H2,(H,10,12). The van der Waals surface area contributed by atoms with Crippen molar-refractivity contribution in [1.82, 2.24) is 0 Å². The minimum absolute atomic E-state index is 0.0722. The Hall–Kier alpha value is -1.63. The summed E-state index contributed by atoms with van der Waals surface area (Å²) < 4.78 is 5.41. The molecular formula is C8H5BrN2O4. The molecule has 1 aliphatic heterocycles. The molecule has 0 atom stereocenters. The lowest BCUT2D eigenvalue weighted by molar-refractivity contribution is -0.385. The molecule has 0 saturated carbocycles. The molecule has 1 amide bonds. The Morgan fingerprint density at radius 1 is 1.53 bits per heavy atom. The zero-order chi connectivity index (χ0) is 11.0. The number of nitrogens with one attached hydrogen (secondary N) is 1. The summed E-state index contributed by atoms with van der Waals surface area (Å²) in [6.45, 7) is -0.0722. The summed E-state index contributed by atoms with van der Waals surface area (Å²) in [5, 5.41) is 13.1. The van der Waals surface area contributed by atoms with Crippen molar-refractivity contribution in [2.45, 2.75) is 0 Å². The van der Waals surface area contributed by atoms with Gasteiger partial charge in [0.2, 0.25) is 0 Å². The molecule has 2 rings (SSSR count). The molecule has 6 nitrogen and oxygen atoms in total. The van der Waals surface area contributed by atoms with Crippen molar-refractivity contribution in [3.05, 3.63) is 26.7 Å². The molecule has 7 heteroatoms. The van der Waals surface area contributed by atoms with Gasteiger partial charge in [0.05, 0.1) is 15.1 Å². The number of halogens is 1. The number of carbonyl (C=O) groups is 1. The SMILES string of the molecule is O=C1COc2cc(Br)c([N+](=O)[O-])cc2N1. The molecule has 1 heterocycles. The van der Waals surface area contributed by atoms with Crippen molar-refractivity contribution in [3.8, 4) is 5.75 Å². The van der Waals surface area contributed by atoms with E-state index in [0.29, 0.717) is 15.9 Å². The maximum Gasteiger partial charge on any atom is 0.285 e.